The van der Waals surface area contributed by atoms with Crippen LogP contribution in [-0.2, 0) is 15.3 Å². The number of aliphatic carboxylic acids is 1. The van der Waals surface area contributed by atoms with Gasteiger partial charge in [0, 0.05) is 0 Å². The number of carbonyl (C=O) groups excluding carboxylic acids is 1. The Morgan fingerprint density at radius 2 is 2.13 bits per heavy atom. The first-order valence-corrected chi connectivity index (χ1v) is 10.3. The summed E-state index contributed by atoms with van der Waals surface area (Å²) in [5.41, 5.74) is -1.61. The van der Waals surface area contributed by atoms with Crippen LogP contribution in [0.2, 0.25) is 0 Å². The molecule has 2 amide bonds. The molecule has 31 heavy (non-hydrogen) atoms. The number of ether oxygens (including phenoxy) is 1. The Labute approximate surface area is 179 Å². The second kappa shape index (κ2) is 8.89. The predicted octanol–water partition coefficient (Wildman–Crippen LogP) is -2.10. The highest BCUT2D eigenvalue weighted by Gasteiger charge is 2.51. The summed E-state index contributed by atoms with van der Waals surface area (Å²) in [6, 6.07) is -2.52. The van der Waals surface area contributed by atoms with Crippen molar-refractivity contribution in [3.63, 3.8) is 0 Å². The predicted molar refractivity (Wildman–Crippen MR) is 105 cm³/mol. The van der Waals surface area contributed by atoms with E-state index in [4.69, 9.17) is 9.84 Å². The van der Waals surface area contributed by atoms with Crippen molar-refractivity contribution >= 4 is 40.7 Å². The highest BCUT2D eigenvalue weighted by atomic mass is 32.2. The number of aliphatic hydroxyl groups excluding tert-OH is 4. The van der Waals surface area contributed by atoms with Crippen molar-refractivity contribution in [3.05, 3.63) is 6.33 Å². The molecule has 1 aliphatic rings. The molecule has 170 valence electrons. The van der Waals surface area contributed by atoms with E-state index in [1.165, 1.54) is 17.8 Å². The van der Waals surface area contributed by atoms with E-state index >= 15 is 0 Å². The Morgan fingerprint density at radius 1 is 1.42 bits per heavy atom. The van der Waals surface area contributed by atoms with Crippen molar-refractivity contribution in [1.29, 1.82) is 0 Å². The number of carboxylic acids is 1. The molecule has 2 aromatic rings. The molecule has 3 heterocycles. The maximum Gasteiger partial charge on any atom is 0.328 e. The van der Waals surface area contributed by atoms with Crippen molar-refractivity contribution < 1.29 is 39.9 Å². The molecular formula is C16H22N6O8S. The summed E-state index contributed by atoms with van der Waals surface area (Å²) < 4.78 is 6.72. The average Bonchev–Trinajstić information content (AvgIpc) is 3.28. The Bertz CT molecular complexity index is 986. The fourth-order valence-electron chi connectivity index (χ4n) is 3.14. The molecule has 0 saturated carbocycles. The minimum absolute atomic E-state index is 0.0573. The summed E-state index contributed by atoms with van der Waals surface area (Å²) in [5, 5.41) is 53.5. The van der Waals surface area contributed by atoms with Crippen molar-refractivity contribution in [2.45, 2.75) is 42.2 Å². The molecule has 5 atom stereocenters. The van der Waals surface area contributed by atoms with Crippen molar-refractivity contribution in [2.24, 2.45) is 0 Å². The quantitative estimate of drug-likeness (QED) is 0.176. The van der Waals surface area contributed by atoms with Crippen LogP contribution in [0.1, 0.15) is 6.92 Å². The van der Waals surface area contributed by atoms with E-state index < -0.39 is 48.7 Å². The summed E-state index contributed by atoms with van der Waals surface area (Å²) >= 11 is 1.13. The number of fused-ring (bicyclic) bond motifs is 1. The van der Waals surface area contributed by atoms with E-state index in [2.05, 4.69) is 25.6 Å². The van der Waals surface area contributed by atoms with Crippen LogP contribution in [0.25, 0.3) is 11.2 Å². The number of rotatable bonds is 7. The van der Waals surface area contributed by atoms with Crippen molar-refractivity contribution in [3.8, 4) is 0 Å². The Kier molecular flexibility index (Phi) is 6.63. The topological polar surface area (TPSA) is 212 Å². The van der Waals surface area contributed by atoms with Gasteiger partial charge in [0.15, 0.2) is 33.9 Å². The lowest BCUT2D eigenvalue weighted by atomic mass is 10.1. The number of carboxylic acid groups (broad SMARTS) is 1. The molecule has 0 unspecified atom stereocenters. The number of urea groups is 1. The van der Waals surface area contributed by atoms with E-state index in [9.17, 15) is 30.0 Å². The summed E-state index contributed by atoms with van der Waals surface area (Å²) in [5.74, 6) is -1.51. The van der Waals surface area contributed by atoms with Crippen LogP contribution >= 0.6 is 11.8 Å². The van der Waals surface area contributed by atoms with Gasteiger partial charge in [-0.05, 0) is 13.2 Å². The number of aliphatic hydroxyl groups is 4. The molecule has 7 N–H and O–H groups in total. The van der Waals surface area contributed by atoms with Gasteiger partial charge >= 0.3 is 12.0 Å². The first-order chi connectivity index (χ1) is 14.6. The molecule has 14 nitrogen and oxygen atoms in total. The highest BCUT2D eigenvalue weighted by molar-refractivity contribution is 7.98. The minimum atomic E-state index is -1.75. The number of thioether (sulfide) groups is 1. The monoisotopic (exact) mass is 458 g/mol. The Hall–Kier alpha value is -2.56. The number of nitrogens with zero attached hydrogens (tertiary/aromatic N) is 4. The lowest BCUT2D eigenvalue weighted by Gasteiger charge is -2.31. The number of aromatic nitrogens is 4. The lowest BCUT2D eigenvalue weighted by Crippen LogP contribution is -2.49. The van der Waals surface area contributed by atoms with Gasteiger partial charge in [-0.3, -0.25) is 9.88 Å². The number of nitrogens with one attached hydrogen (secondary N) is 2. The number of anilines is 1. The second-order valence-corrected chi connectivity index (χ2v) is 7.60. The average molecular weight is 458 g/mol. The first-order valence-electron chi connectivity index (χ1n) is 9.03. The van der Waals surface area contributed by atoms with Gasteiger partial charge in [0.2, 0.25) is 0 Å². The zero-order valence-corrected chi connectivity index (χ0v) is 17.3. The van der Waals surface area contributed by atoms with Crippen molar-refractivity contribution in [1.82, 2.24) is 24.8 Å². The van der Waals surface area contributed by atoms with Crippen LogP contribution < -0.4 is 10.6 Å². The Balaban J connectivity index is 2.01. The maximum atomic E-state index is 12.3. The van der Waals surface area contributed by atoms with Crippen molar-refractivity contribution in [2.75, 3.05) is 24.8 Å². The number of imidazole rings is 1. The number of hydrogen-bond donors (Lipinski definition) is 7. The summed E-state index contributed by atoms with van der Waals surface area (Å²) in [4.78, 5) is 36.1. The normalized spacial score (nSPS) is 25.4. The first kappa shape index (κ1) is 23.1. The van der Waals surface area contributed by atoms with Crippen LogP contribution in [0, 0.1) is 0 Å². The van der Waals surface area contributed by atoms with Gasteiger partial charge in [-0.2, -0.15) is 0 Å². The second-order valence-electron chi connectivity index (χ2n) is 6.83. The van der Waals surface area contributed by atoms with E-state index in [1.807, 2.05) is 0 Å². The van der Waals surface area contributed by atoms with Gasteiger partial charge in [0.1, 0.15) is 12.2 Å². The van der Waals surface area contributed by atoms with Gasteiger partial charge in [-0.25, -0.2) is 24.5 Å². The number of amides is 2. The van der Waals surface area contributed by atoms with Gasteiger partial charge in [-0.1, -0.05) is 11.8 Å². The Morgan fingerprint density at radius 3 is 2.65 bits per heavy atom. The zero-order valence-electron chi connectivity index (χ0n) is 16.5. The van der Waals surface area contributed by atoms with Gasteiger partial charge < -0.3 is 35.6 Å². The molecule has 0 aliphatic carbocycles. The SMILES string of the molecule is CSc1nc(NC(=O)N[C@H](C(=O)O)[C@@H](C)O)c2ncn([C@@]3(CO)OC[C@H](O)[C@@H]3O)c2n1. The fourth-order valence-corrected chi connectivity index (χ4v) is 3.50. The third-order valence-electron chi connectivity index (χ3n) is 4.79. The third kappa shape index (κ3) is 4.15. The van der Waals surface area contributed by atoms with E-state index in [0.29, 0.717) is 0 Å². The largest absolute Gasteiger partial charge is 0.480 e. The molecule has 15 heteroatoms. The molecule has 1 fully saturated rings. The molecule has 0 bridgehead atoms. The van der Waals surface area contributed by atoms with E-state index in [-0.39, 0.29) is 28.7 Å². The molecule has 0 radical (unpaired) electrons. The van der Waals surface area contributed by atoms with Gasteiger partial charge in [0.05, 0.1) is 25.6 Å². The van der Waals surface area contributed by atoms with Gasteiger partial charge in [-0.15, -0.1) is 0 Å². The van der Waals surface area contributed by atoms with E-state index in [0.717, 1.165) is 11.8 Å². The third-order valence-corrected chi connectivity index (χ3v) is 5.34. The molecule has 0 spiro atoms. The molecule has 1 aliphatic heterocycles. The van der Waals surface area contributed by atoms with E-state index in [1.54, 1.807) is 6.26 Å². The maximum absolute atomic E-state index is 12.3. The standard InChI is InChI=1S/C16H22N6O8S/c1-6(24)8(13(27)28)18-14(29)19-11-9-12(21-15(20-11)31-2)22(5-17-9)16(4-23)10(26)7(25)3-30-16/h5-8,10,23-26H,3-4H2,1-2H3,(H,27,28)(H2,18,19,20,21,29)/t6-,7+,8+,10+,16+/m1/s1. The molecular weight excluding hydrogens is 436 g/mol. The highest BCUT2D eigenvalue weighted by Crippen LogP contribution is 2.35. The van der Waals surface area contributed by atoms with Crippen LogP contribution in [0.3, 0.4) is 0 Å². The summed E-state index contributed by atoms with van der Waals surface area (Å²) in [6.45, 7) is 0.281. The molecule has 3 rings (SSSR count). The smallest absolute Gasteiger partial charge is 0.328 e. The lowest BCUT2D eigenvalue weighted by molar-refractivity contribution is -0.149. The molecule has 2 aromatic heterocycles. The summed E-state index contributed by atoms with van der Waals surface area (Å²) in [7, 11) is 0. The fraction of sp³-hybridized carbons (Fsp3) is 0.562. The zero-order chi connectivity index (χ0) is 22.9. The number of hydrogen-bond acceptors (Lipinski definition) is 11. The number of carbonyl (C=O) groups is 2. The minimum Gasteiger partial charge on any atom is -0.480 e. The molecule has 0 aromatic carbocycles. The van der Waals surface area contributed by atoms with Crippen LogP contribution in [0.15, 0.2) is 11.5 Å². The summed E-state index contributed by atoms with van der Waals surface area (Å²) in [6.07, 6.45) is -1.20. The van der Waals surface area contributed by atoms with Crippen LogP contribution in [0.4, 0.5) is 10.6 Å². The van der Waals surface area contributed by atoms with Crippen LogP contribution in [0.5, 0.6) is 0 Å². The van der Waals surface area contributed by atoms with Crippen LogP contribution in [-0.4, -0.2) is 101 Å². The molecule has 1 saturated heterocycles. The van der Waals surface area contributed by atoms with Gasteiger partial charge in [0.25, 0.3) is 0 Å².